The predicted octanol–water partition coefficient (Wildman–Crippen LogP) is 4.47. The summed E-state index contributed by atoms with van der Waals surface area (Å²) in [6, 6.07) is 14.6. The number of nitrogens with zero attached hydrogens (tertiary/aromatic N) is 1. The third kappa shape index (κ3) is 5.62. The number of hydrogen-bond acceptors (Lipinski definition) is 5. The molecule has 2 aromatic carbocycles. The van der Waals surface area contributed by atoms with Gasteiger partial charge in [-0.1, -0.05) is 48.0 Å². The van der Waals surface area contributed by atoms with Crippen molar-refractivity contribution in [1.82, 2.24) is 4.90 Å². The second kappa shape index (κ2) is 9.62. The molecule has 0 bridgehead atoms. The van der Waals surface area contributed by atoms with Crippen molar-refractivity contribution in [3.63, 3.8) is 0 Å². The van der Waals surface area contributed by atoms with Crippen molar-refractivity contribution in [2.45, 2.75) is 12.8 Å². The Morgan fingerprint density at radius 1 is 1.17 bits per heavy atom. The van der Waals surface area contributed by atoms with Gasteiger partial charge >= 0.3 is 5.97 Å². The van der Waals surface area contributed by atoms with Gasteiger partial charge in [0.1, 0.15) is 5.75 Å². The molecule has 6 nitrogen and oxygen atoms in total. The number of hydrogen-bond donors (Lipinski definition) is 1. The molecular weight excluding hydrogens is 414 g/mol. The van der Waals surface area contributed by atoms with Crippen LogP contribution in [-0.4, -0.2) is 40.3 Å². The van der Waals surface area contributed by atoms with Crippen molar-refractivity contribution in [3.05, 3.63) is 69.6 Å². The normalized spacial score (nSPS) is 15.2. The summed E-state index contributed by atoms with van der Waals surface area (Å²) < 4.78 is 5.07. The van der Waals surface area contributed by atoms with Gasteiger partial charge in [-0.3, -0.25) is 14.5 Å². The molecule has 0 radical (unpaired) electrons. The van der Waals surface area contributed by atoms with E-state index in [1.54, 1.807) is 18.2 Å². The van der Waals surface area contributed by atoms with Crippen LogP contribution >= 0.6 is 23.4 Å². The summed E-state index contributed by atoms with van der Waals surface area (Å²) in [4.78, 5) is 37.0. The van der Waals surface area contributed by atoms with Crippen molar-refractivity contribution in [2.24, 2.45) is 0 Å². The third-order valence-electron chi connectivity index (χ3n) is 4.17. The number of ether oxygens (including phenoxy) is 1. The minimum absolute atomic E-state index is 0.224. The summed E-state index contributed by atoms with van der Waals surface area (Å²) in [5.41, 5.74) is 1.78. The summed E-state index contributed by atoms with van der Waals surface area (Å²) in [6.45, 7) is -0.138. The van der Waals surface area contributed by atoms with Crippen molar-refractivity contribution < 1.29 is 24.2 Å². The minimum atomic E-state index is -1.11. The molecule has 0 spiro atoms. The number of carbonyl (C=O) groups is 3. The van der Waals surface area contributed by atoms with Gasteiger partial charge in [-0.25, -0.2) is 4.79 Å². The van der Waals surface area contributed by atoms with Crippen LogP contribution in [0.4, 0.5) is 4.79 Å². The molecule has 1 heterocycles. The summed E-state index contributed by atoms with van der Waals surface area (Å²) in [7, 11) is 0. The first-order valence-corrected chi connectivity index (χ1v) is 10.1. The molecule has 1 aliphatic heterocycles. The first-order chi connectivity index (χ1) is 13.9. The number of carboxylic acids is 1. The fourth-order valence-electron chi connectivity index (χ4n) is 2.79. The fourth-order valence-corrected chi connectivity index (χ4v) is 3.90. The molecule has 150 valence electrons. The summed E-state index contributed by atoms with van der Waals surface area (Å²) >= 11 is 7.00. The Balaban J connectivity index is 1.63. The van der Waals surface area contributed by atoms with Crippen molar-refractivity contribution in [3.8, 4) is 5.75 Å². The number of aliphatic carboxylic acids is 1. The number of aryl methyl sites for hydroxylation is 1. The highest BCUT2D eigenvalue weighted by Gasteiger charge is 2.34. The van der Waals surface area contributed by atoms with Gasteiger partial charge in [-0.05, 0) is 53.9 Å². The Hall–Kier alpha value is -2.77. The smallest absolute Gasteiger partial charge is 0.341 e. The number of imide groups is 1. The zero-order chi connectivity index (χ0) is 20.8. The van der Waals surface area contributed by atoms with E-state index in [2.05, 4.69) is 0 Å². The number of carbonyl (C=O) groups excluding carboxylic acids is 2. The van der Waals surface area contributed by atoms with Gasteiger partial charge in [0.05, 0.1) is 9.93 Å². The number of benzene rings is 2. The van der Waals surface area contributed by atoms with E-state index in [-0.39, 0.29) is 21.9 Å². The average molecular weight is 432 g/mol. The SMILES string of the molecule is O=C(O)COc1ccc(C=C2SC(=O)N(CCCc3ccccc3)C2=O)cc1Cl. The lowest BCUT2D eigenvalue weighted by molar-refractivity contribution is -0.139. The maximum Gasteiger partial charge on any atom is 0.341 e. The third-order valence-corrected chi connectivity index (χ3v) is 5.37. The molecule has 0 saturated carbocycles. The standard InChI is InChI=1S/C21H18ClNO5S/c22-16-11-15(8-9-17(16)28-13-19(24)25)12-18-20(26)23(21(27)29-18)10-4-7-14-5-2-1-3-6-14/h1-3,5-6,8-9,11-12H,4,7,10,13H2,(H,24,25). The van der Waals surface area contributed by atoms with Crippen LogP contribution in [-0.2, 0) is 16.0 Å². The molecular formula is C21H18ClNO5S. The topological polar surface area (TPSA) is 83.9 Å². The monoisotopic (exact) mass is 431 g/mol. The van der Waals surface area contributed by atoms with Crippen molar-refractivity contribution >= 4 is 46.6 Å². The highest BCUT2D eigenvalue weighted by molar-refractivity contribution is 8.18. The van der Waals surface area contributed by atoms with Gasteiger partial charge in [-0.2, -0.15) is 0 Å². The quantitative estimate of drug-likeness (QED) is 0.620. The molecule has 2 aromatic rings. The Morgan fingerprint density at radius 2 is 1.93 bits per heavy atom. The van der Waals surface area contributed by atoms with Crippen LogP contribution in [0.25, 0.3) is 6.08 Å². The number of amides is 2. The van der Waals surface area contributed by atoms with Gasteiger partial charge in [0.25, 0.3) is 11.1 Å². The molecule has 0 aromatic heterocycles. The molecule has 0 unspecified atom stereocenters. The van der Waals surface area contributed by atoms with Gasteiger partial charge in [-0.15, -0.1) is 0 Å². The molecule has 1 N–H and O–H groups in total. The van der Waals surface area contributed by atoms with E-state index >= 15 is 0 Å². The van der Waals surface area contributed by atoms with Crippen LogP contribution in [0.1, 0.15) is 17.5 Å². The lowest BCUT2D eigenvalue weighted by Crippen LogP contribution is -2.29. The van der Waals surface area contributed by atoms with Gasteiger partial charge < -0.3 is 9.84 Å². The van der Waals surface area contributed by atoms with Gasteiger partial charge in [0.2, 0.25) is 0 Å². The zero-order valence-electron chi connectivity index (χ0n) is 15.3. The van der Waals surface area contributed by atoms with Gasteiger partial charge in [0.15, 0.2) is 6.61 Å². The average Bonchev–Trinajstić information content (AvgIpc) is 2.95. The van der Waals surface area contributed by atoms with E-state index in [1.165, 1.54) is 11.0 Å². The Bertz CT molecular complexity index is 961. The maximum absolute atomic E-state index is 12.6. The van der Waals surface area contributed by atoms with Crippen molar-refractivity contribution in [2.75, 3.05) is 13.2 Å². The van der Waals surface area contributed by atoms with E-state index in [1.807, 2.05) is 30.3 Å². The molecule has 1 aliphatic rings. The summed E-state index contributed by atoms with van der Waals surface area (Å²) in [5, 5.41) is 8.59. The lowest BCUT2D eigenvalue weighted by atomic mass is 10.1. The first-order valence-electron chi connectivity index (χ1n) is 8.87. The molecule has 29 heavy (non-hydrogen) atoms. The largest absolute Gasteiger partial charge is 0.480 e. The van der Waals surface area contributed by atoms with Crippen molar-refractivity contribution in [1.29, 1.82) is 0 Å². The molecule has 0 aliphatic carbocycles. The highest BCUT2D eigenvalue weighted by atomic mass is 35.5. The summed E-state index contributed by atoms with van der Waals surface area (Å²) in [5.74, 6) is -1.19. The Kier molecular flexibility index (Phi) is 6.95. The Labute approximate surface area is 177 Å². The van der Waals surface area contributed by atoms with Crippen LogP contribution in [0, 0.1) is 0 Å². The van der Waals surface area contributed by atoms with E-state index in [0.29, 0.717) is 23.4 Å². The maximum atomic E-state index is 12.6. The molecule has 1 fully saturated rings. The molecule has 3 rings (SSSR count). The fraction of sp³-hybridized carbons (Fsp3) is 0.190. The van der Waals surface area contributed by atoms with Crippen LogP contribution < -0.4 is 4.74 Å². The van der Waals surface area contributed by atoms with Gasteiger partial charge in [0, 0.05) is 6.54 Å². The second-order valence-electron chi connectivity index (χ2n) is 6.29. The van der Waals surface area contributed by atoms with E-state index < -0.39 is 12.6 Å². The molecule has 8 heteroatoms. The highest BCUT2D eigenvalue weighted by Crippen LogP contribution is 2.34. The zero-order valence-corrected chi connectivity index (χ0v) is 16.9. The van der Waals surface area contributed by atoms with E-state index in [9.17, 15) is 14.4 Å². The number of rotatable bonds is 8. The second-order valence-corrected chi connectivity index (χ2v) is 7.70. The molecule has 1 saturated heterocycles. The van der Waals surface area contributed by atoms with Crippen LogP contribution in [0.15, 0.2) is 53.4 Å². The summed E-state index contributed by atoms with van der Waals surface area (Å²) in [6.07, 6.45) is 3.07. The number of carboxylic acid groups (broad SMARTS) is 1. The van der Waals surface area contributed by atoms with E-state index in [4.69, 9.17) is 21.4 Å². The number of halogens is 1. The van der Waals surface area contributed by atoms with Crippen LogP contribution in [0.5, 0.6) is 5.75 Å². The minimum Gasteiger partial charge on any atom is -0.480 e. The lowest BCUT2D eigenvalue weighted by Gasteiger charge is -2.12. The van der Waals surface area contributed by atoms with E-state index in [0.717, 1.165) is 23.7 Å². The molecule has 2 amide bonds. The first kappa shape index (κ1) is 21.0. The molecule has 0 atom stereocenters. The predicted molar refractivity (Wildman–Crippen MR) is 112 cm³/mol. The Morgan fingerprint density at radius 3 is 2.62 bits per heavy atom. The van der Waals surface area contributed by atoms with Crippen LogP contribution in [0.3, 0.4) is 0 Å². The number of thioether (sulfide) groups is 1. The van der Waals surface area contributed by atoms with Crippen LogP contribution in [0.2, 0.25) is 5.02 Å².